The first-order valence-corrected chi connectivity index (χ1v) is 7.33. The fourth-order valence-electron chi connectivity index (χ4n) is 2.99. The number of benzene rings is 1. The molecule has 21 heavy (non-hydrogen) atoms. The number of fused-ring (bicyclic) bond motifs is 1. The lowest BCUT2D eigenvalue weighted by Crippen LogP contribution is -2.58. The van der Waals surface area contributed by atoms with Crippen molar-refractivity contribution in [1.82, 2.24) is 10.2 Å². The quantitative estimate of drug-likeness (QED) is 0.785. The molecule has 1 atom stereocenters. The van der Waals surface area contributed by atoms with Crippen LogP contribution in [0.3, 0.4) is 0 Å². The molecule has 1 heterocycles. The summed E-state index contributed by atoms with van der Waals surface area (Å²) in [5, 5.41) is 2.24. The van der Waals surface area contributed by atoms with Gasteiger partial charge in [-0.05, 0) is 55.9 Å². The van der Waals surface area contributed by atoms with Crippen molar-refractivity contribution in [1.29, 1.82) is 0 Å². The minimum absolute atomic E-state index is 0.0666. The molecule has 1 aliphatic heterocycles. The zero-order valence-corrected chi connectivity index (χ0v) is 12.0. The number of piperazine rings is 1. The summed E-state index contributed by atoms with van der Waals surface area (Å²) >= 11 is 0. The van der Waals surface area contributed by atoms with Crippen molar-refractivity contribution in [3.05, 3.63) is 34.9 Å². The molecule has 1 saturated heterocycles. The third-order valence-electron chi connectivity index (χ3n) is 4.28. The van der Waals surface area contributed by atoms with E-state index in [1.165, 1.54) is 22.4 Å². The van der Waals surface area contributed by atoms with E-state index in [0.29, 0.717) is 5.56 Å². The van der Waals surface area contributed by atoms with Gasteiger partial charge in [-0.25, -0.2) is 0 Å². The van der Waals surface area contributed by atoms with Crippen LogP contribution < -0.4 is 5.32 Å². The molecule has 5 nitrogen and oxygen atoms in total. The van der Waals surface area contributed by atoms with Crippen molar-refractivity contribution < 1.29 is 14.4 Å². The minimum Gasteiger partial charge on any atom is -0.318 e. The van der Waals surface area contributed by atoms with Crippen LogP contribution in [0.4, 0.5) is 0 Å². The molecule has 1 unspecified atom stereocenters. The van der Waals surface area contributed by atoms with Crippen LogP contribution in [-0.2, 0) is 22.4 Å². The van der Waals surface area contributed by atoms with E-state index in [1.807, 2.05) is 12.1 Å². The van der Waals surface area contributed by atoms with Crippen LogP contribution in [0, 0.1) is 0 Å². The smallest absolute Gasteiger partial charge is 0.255 e. The molecule has 0 radical (unpaired) electrons. The van der Waals surface area contributed by atoms with Crippen LogP contribution in [0.5, 0.6) is 0 Å². The summed E-state index contributed by atoms with van der Waals surface area (Å²) in [5.41, 5.74) is 3.08. The lowest BCUT2D eigenvalue weighted by atomic mass is 9.90. The Hall–Kier alpha value is -2.17. The van der Waals surface area contributed by atoms with E-state index in [2.05, 4.69) is 5.32 Å². The van der Waals surface area contributed by atoms with Gasteiger partial charge in [0.25, 0.3) is 5.91 Å². The summed E-state index contributed by atoms with van der Waals surface area (Å²) in [4.78, 5) is 37.0. The maximum Gasteiger partial charge on any atom is 0.255 e. The number of carbonyl (C=O) groups is 3. The molecule has 110 valence electrons. The SMILES string of the molecule is CC1C(=O)NC(=O)CN1C(=O)c1ccc2c(c1)CCCC2. The molecule has 3 rings (SSSR count). The number of aryl methyl sites for hydroxylation is 2. The second-order valence-electron chi connectivity index (χ2n) is 5.71. The number of hydrogen-bond donors (Lipinski definition) is 1. The highest BCUT2D eigenvalue weighted by Gasteiger charge is 2.34. The van der Waals surface area contributed by atoms with E-state index in [0.717, 1.165) is 19.3 Å². The van der Waals surface area contributed by atoms with Crippen LogP contribution in [-0.4, -0.2) is 35.2 Å². The largest absolute Gasteiger partial charge is 0.318 e. The maximum atomic E-state index is 12.6. The van der Waals surface area contributed by atoms with E-state index in [1.54, 1.807) is 13.0 Å². The van der Waals surface area contributed by atoms with E-state index >= 15 is 0 Å². The van der Waals surface area contributed by atoms with Crippen LogP contribution in [0.25, 0.3) is 0 Å². The Bertz CT molecular complexity index is 624. The minimum atomic E-state index is -0.619. The highest BCUT2D eigenvalue weighted by atomic mass is 16.2. The monoisotopic (exact) mass is 286 g/mol. The second kappa shape index (κ2) is 5.31. The third-order valence-corrected chi connectivity index (χ3v) is 4.28. The fraction of sp³-hybridized carbons (Fsp3) is 0.438. The Kier molecular flexibility index (Phi) is 3.49. The molecular weight excluding hydrogens is 268 g/mol. The Morgan fingerprint density at radius 2 is 1.90 bits per heavy atom. The van der Waals surface area contributed by atoms with Gasteiger partial charge in [0, 0.05) is 5.56 Å². The number of amides is 3. The zero-order valence-electron chi connectivity index (χ0n) is 12.0. The highest BCUT2D eigenvalue weighted by Crippen LogP contribution is 2.23. The Morgan fingerprint density at radius 3 is 2.67 bits per heavy atom. The van der Waals surface area contributed by atoms with Gasteiger partial charge in [0.15, 0.2) is 0 Å². The van der Waals surface area contributed by atoms with Gasteiger partial charge in [0.05, 0.1) is 0 Å². The predicted octanol–water partition coefficient (Wildman–Crippen LogP) is 1.05. The number of imide groups is 1. The van der Waals surface area contributed by atoms with Gasteiger partial charge in [-0.3, -0.25) is 19.7 Å². The second-order valence-corrected chi connectivity index (χ2v) is 5.71. The first-order valence-electron chi connectivity index (χ1n) is 7.33. The normalized spacial score (nSPS) is 21.8. The number of nitrogens with zero attached hydrogens (tertiary/aromatic N) is 1. The Morgan fingerprint density at radius 1 is 1.19 bits per heavy atom. The van der Waals surface area contributed by atoms with Crippen LogP contribution in [0.1, 0.15) is 41.3 Å². The number of hydrogen-bond acceptors (Lipinski definition) is 3. The summed E-state index contributed by atoms with van der Waals surface area (Å²) < 4.78 is 0. The molecule has 1 fully saturated rings. The van der Waals surface area contributed by atoms with E-state index < -0.39 is 17.9 Å². The Balaban J connectivity index is 1.87. The predicted molar refractivity (Wildman–Crippen MR) is 76.7 cm³/mol. The van der Waals surface area contributed by atoms with Gasteiger partial charge in [-0.1, -0.05) is 6.07 Å². The summed E-state index contributed by atoms with van der Waals surface area (Å²) in [7, 11) is 0. The molecule has 0 aromatic heterocycles. The molecule has 1 aromatic rings. The first-order chi connectivity index (χ1) is 10.1. The van der Waals surface area contributed by atoms with Gasteiger partial charge in [-0.2, -0.15) is 0 Å². The lowest BCUT2D eigenvalue weighted by molar-refractivity contribution is -0.138. The van der Waals surface area contributed by atoms with Crippen LogP contribution in [0.15, 0.2) is 18.2 Å². The molecular formula is C16H18N2O3. The summed E-state index contributed by atoms with van der Waals surface area (Å²) in [6.45, 7) is 1.57. The zero-order chi connectivity index (χ0) is 15.0. The standard InChI is InChI=1S/C16H18N2O3/c1-10-15(20)17-14(19)9-18(10)16(21)13-7-6-11-4-2-3-5-12(11)8-13/h6-8,10H,2-5,9H2,1H3,(H,17,19,20). The molecule has 5 heteroatoms. The Labute approximate surface area is 123 Å². The summed E-state index contributed by atoms with van der Waals surface area (Å²) in [6, 6.07) is 5.10. The molecule has 0 spiro atoms. The van der Waals surface area contributed by atoms with Crippen LogP contribution >= 0.6 is 0 Å². The van der Waals surface area contributed by atoms with Crippen LogP contribution in [0.2, 0.25) is 0 Å². The summed E-state index contributed by atoms with van der Waals surface area (Å²) in [6.07, 6.45) is 4.39. The van der Waals surface area contributed by atoms with Gasteiger partial charge in [-0.15, -0.1) is 0 Å². The average molecular weight is 286 g/mol. The molecule has 0 bridgehead atoms. The highest BCUT2D eigenvalue weighted by molar-refractivity contribution is 6.07. The number of rotatable bonds is 1. The molecule has 2 aliphatic rings. The summed E-state index contributed by atoms with van der Waals surface area (Å²) in [5.74, 6) is -1.10. The topological polar surface area (TPSA) is 66.5 Å². The maximum absolute atomic E-state index is 12.6. The van der Waals surface area contributed by atoms with Gasteiger partial charge >= 0.3 is 0 Å². The van der Waals surface area contributed by atoms with Crippen molar-refractivity contribution in [3.63, 3.8) is 0 Å². The third kappa shape index (κ3) is 2.55. The van der Waals surface area contributed by atoms with Crippen molar-refractivity contribution in [3.8, 4) is 0 Å². The molecule has 1 N–H and O–H groups in total. The lowest BCUT2D eigenvalue weighted by Gasteiger charge is -2.32. The molecule has 1 aliphatic carbocycles. The van der Waals surface area contributed by atoms with E-state index in [-0.39, 0.29) is 12.5 Å². The van der Waals surface area contributed by atoms with Gasteiger partial charge in [0.2, 0.25) is 11.8 Å². The van der Waals surface area contributed by atoms with E-state index in [4.69, 9.17) is 0 Å². The number of carbonyl (C=O) groups excluding carboxylic acids is 3. The van der Waals surface area contributed by atoms with Crippen molar-refractivity contribution in [2.45, 2.75) is 38.6 Å². The van der Waals surface area contributed by atoms with Gasteiger partial charge < -0.3 is 4.90 Å². The molecule has 3 amide bonds. The first kappa shape index (κ1) is 13.8. The molecule has 0 saturated carbocycles. The molecule has 1 aromatic carbocycles. The van der Waals surface area contributed by atoms with Gasteiger partial charge in [0.1, 0.15) is 12.6 Å². The number of nitrogens with one attached hydrogen (secondary N) is 1. The van der Waals surface area contributed by atoms with E-state index in [9.17, 15) is 14.4 Å². The van der Waals surface area contributed by atoms with Crippen molar-refractivity contribution in [2.24, 2.45) is 0 Å². The van der Waals surface area contributed by atoms with Crippen molar-refractivity contribution in [2.75, 3.05) is 6.54 Å². The fourth-order valence-corrected chi connectivity index (χ4v) is 2.99. The van der Waals surface area contributed by atoms with Crippen molar-refractivity contribution >= 4 is 17.7 Å². The average Bonchev–Trinajstić information content (AvgIpc) is 2.49.